The van der Waals surface area contributed by atoms with E-state index in [0.29, 0.717) is 42.1 Å². The lowest BCUT2D eigenvalue weighted by molar-refractivity contribution is -0.143. The molecule has 0 N–H and O–H groups in total. The summed E-state index contributed by atoms with van der Waals surface area (Å²) in [5.41, 5.74) is 1.04. The van der Waals surface area contributed by atoms with E-state index in [1.807, 2.05) is 38.1 Å². The summed E-state index contributed by atoms with van der Waals surface area (Å²) in [5, 5.41) is 1.71. The zero-order valence-corrected chi connectivity index (χ0v) is 19.1. The molecule has 0 aliphatic heterocycles. The lowest BCUT2D eigenvalue weighted by Gasteiger charge is -2.16. The molecule has 1 aromatic heterocycles. The number of esters is 1. The van der Waals surface area contributed by atoms with Crippen LogP contribution in [-0.4, -0.2) is 34.6 Å². The van der Waals surface area contributed by atoms with Crippen molar-refractivity contribution >= 4 is 33.7 Å². The summed E-state index contributed by atoms with van der Waals surface area (Å²) in [6.45, 7) is 7.81. The average Bonchev–Trinajstić information content (AvgIpc) is 2.75. The molecule has 0 radical (unpaired) electrons. The number of benzene rings is 2. The van der Waals surface area contributed by atoms with Crippen LogP contribution in [0.2, 0.25) is 0 Å². The number of carbonyl (C=O) groups excluding carboxylic acids is 2. The SMILES string of the molecule is CCOC(=O)CCCCCOc1cc2c(nc(C(C)C)c(=O)n2C(C)=O)c2ccccc12. The molecule has 170 valence electrons. The van der Waals surface area contributed by atoms with Crippen LogP contribution in [-0.2, 0) is 9.53 Å². The number of hydrogen-bond acceptors (Lipinski definition) is 6. The molecule has 0 unspecified atom stereocenters. The predicted molar refractivity (Wildman–Crippen MR) is 124 cm³/mol. The molecule has 1 heterocycles. The lowest BCUT2D eigenvalue weighted by Crippen LogP contribution is -2.30. The van der Waals surface area contributed by atoms with Gasteiger partial charge in [0.15, 0.2) is 0 Å². The molecule has 7 nitrogen and oxygen atoms in total. The Morgan fingerprint density at radius 3 is 2.47 bits per heavy atom. The standard InChI is InChI=1S/C25H30N2O5/c1-5-31-22(29)13-7-6-10-14-32-21-15-20-24(19-12-9-8-11-18(19)21)26-23(16(2)3)25(30)27(20)17(4)28/h8-9,11-12,15-16H,5-7,10,13-14H2,1-4H3. The number of ether oxygens (including phenoxy) is 2. The van der Waals surface area contributed by atoms with Crippen molar-refractivity contribution in [3.63, 3.8) is 0 Å². The maximum Gasteiger partial charge on any atom is 0.305 e. The van der Waals surface area contributed by atoms with E-state index in [1.54, 1.807) is 13.0 Å². The minimum atomic E-state index is -0.389. The predicted octanol–water partition coefficient (Wildman–Crippen LogP) is 4.84. The number of hydrogen-bond donors (Lipinski definition) is 0. The van der Waals surface area contributed by atoms with E-state index in [2.05, 4.69) is 4.98 Å². The molecular formula is C25H30N2O5. The van der Waals surface area contributed by atoms with E-state index in [-0.39, 0.29) is 23.4 Å². The number of fused-ring (bicyclic) bond motifs is 3. The van der Waals surface area contributed by atoms with Crippen molar-refractivity contribution in [2.45, 2.75) is 59.3 Å². The minimum absolute atomic E-state index is 0.109. The van der Waals surface area contributed by atoms with E-state index in [4.69, 9.17) is 9.47 Å². The van der Waals surface area contributed by atoms with E-state index in [9.17, 15) is 14.4 Å². The first-order valence-corrected chi connectivity index (χ1v) is 11.1. The van der Waals surface area contributed by atoms with Crippen LogP contribution in [0, 0.1) is 0 Å². The molecule has 7 heteroatoms. The zero-order chi connectivity index (χ0) is 23.3. The Morgan fingerprint density at radius 2 is 1.81 bits per heavy atom. The topological polar surface area (TPSA) is 87.5 Å². The molecule has 0 amide bonds. The van der Waals surface area contributed by atoms with Gasteiger partial charge in [-0.05, 0) is 26.2 Å². The van der Waals surface area contributed by atoms with E-state index in [1.165, 1.54) is 11.5 Å². The number of aromatic nitrogens is 2. The summed E-state index contributed by atoms with van der Waals surface area (Å²) < 4.78 is 12.2. The summed E-state index contributed by atoms with van der Waals surface area (Å²) in [7, 11) is 0. The van der Waals surface area contributed by atoms with Crippen LogP contribution >= 0.6 is 0 Å². The van der Waals surface area contributed by atoms with Crippen LogP contribution in [0.5, 0.6) is 5.75 Å². The van der Waals surface area contributed by atoms with E-state index < -0.39 is 0 Å². The van der Waals surface area contributed by atoms with Gasteiger partial charge < -0.3 is 9.47 Å². The van der Waals surface area contributed by atoms with E-state index in [0.717, 1.165) is 30.0 Å². The monoisotopic (exact) mass is 438 g/mol. The summed E-state index contributed by atoms with van der Waals surface area (Å²) >= 11 is 0. The van der Waals surface area contributed by atoms with Gasteiger partial charge >= 0.3 is 5.97 Å². The van der Waals surface area contributed by atoms with Gasteiger partial charge in [0.25, 0.3) is 5.56 Å². The lowest BCUT2D eigenvalue weighted by atomic mass is 10.1. The largest absolute Gasteiger partial charge is 0.493 e. The first-order chi connectivity index (χ1) is 15.3. The van der Waals surface area contributed by atoms with Crippen LogP contribution in [0.3, 0.4) is 0 Å². The fraction of sp³-hybridized carbons (Fsp3) is 0.440. The van der Waals surface area contributed by atoms with Gasteiger partial charge in [0, 0.05) is 36.1 Å². The molecule has 0 saturated carbocycles. The van der Waals surface area contributed by atoms with Crippen molar-refractivity contribution in [1.82, 2.24) is 9.55 Å². The second kappa shape index (κ2) is 10.4. The highest BCUT2D eigenvalue weighted by Gasteiger charge is 2.19. The Kier molecular flexibility index (Phi) is 7.62. The Bertz CT molecular complexity index is 1200. The minimum Gasteiger partial charge on any atom is -0.493 e. The maximum absolute atomic E-state index is 12.9. The average molecular weight is 439 g/mol. The van der Waals surface area contributed by atoms with Crippen molar-refractivity contribution in [2.75, 3.05) is 13.2 Å². The van der Waals surface area contributed by atoms with E-state index >= 15 is 0 Å². The summed E-state index contributed by atoms with van der Waals surface area (Å²) in [6.07, 6.45) is 2.76. The van der Waals surface area contributed by atoms with Gasteiger partial charge in [-0.2, -0.15) is 0 Å². The highest BCUT2D eigenvalue weighted by atomic mass is 16.5. The van der Waals surface area contributed by atoms with Gasteiger partial charge in [-0.1, -0.05) is 38.1 Å². The normalized spacial score (nSPS) is 11.3. The molecule has 0 aliphatic carbocycles. The molecule has 0 aliphatic rings. The van der Waals surface area contributed by atoms with Gasteiger partial charge in [0.1, 0.15) is 11.4 Å². The third-order valence-electron chi connectivity index (χ3n) is 5.30. The molecule has 32 heavy (non-hydrogen) atoms. The van der Waals surface area contributed by atoms with Crippen molar-refractivity contribution in [1.29, 1.82) is 0 Å². The Labute approximate surface area is 187 Å². The quantitative estimate of drug-likeness (QED) is 0.270. The van der Waals surface area contributed by atoms with Crippen LogP contribution in [0.15, 0.2) is 35.1 Å². The first kappa shape index (κ1) is 23.4. The molecule has 3 aromatic rings. The number of unbranched alkanes of at least 4 members (excludes halogenated alkanes) is 2. The van der Waals surface area contributed by atoms with Gasteiger partial charge in [-0.15, -0.1) is 0 Å². The van der Waals surface area contributed by atoms with Gasteiger partial charge in [-0.25, -0.2) is 9.55 Å². The number of rotatable bonds is 9. The van der Waals surface area contributed by atoms with Crippen molar-refractivity contribution in [2.24, 2.45) is 0 Å². The number of nitrogens with zero attached hydrogens (tertiary/aromatic N) is 2. The van der Waals surface area contributed by atoms with Crippen LogP contribution in [0.1, 0.15) is 69.8 Å². The fourth-order valence-electron chi connectivity index (χ4n) is 3.76. The fourth-order valence-corrected chi connectivity index (χ4v) is 3.76. The van der Waals surface area contributed by atoms with Crippen LogP contribution in [0.25, 0.3) is 21.8 Å². The molecule has 0 atom stereocenters. The molecule has 0 spiro atoms. The molecular weight excluding hydrogens is 408 g/mol. The van der Waals surface area contributed by atoms with Crippen molar-refractivity contribution < 1.29 is 19.1 Å². The van der Waals surface area contributed by atoms with Gasteiger partial charge in [0.2, 0.25) is 5.91 Å². The third kappa shape index (κ3) is 4.98. The third-order valence-corrected chi connectivity index (χ3v) is 5.30. The van der Waals surface area contributed by atoms with Gasteiger partial charge in [0.05, 0.1) is 24.2 Å². The zero-order valence-electron chi connectivity index (χ0n) is 19.1. The van der Waals surface area contributed by atoms with Crippen molar-refractivity contribution in [3.05, 3.63) is 46.4 Å². The van der Waals surface area contributed by atoms with Gasteiger partial charge in [-0.3, -0.25) is 14.4 Å². The van der Waals surface area contributed by atoms with Crippen LogP contribution < -0.4 is 10.3 Å². The molecule has 0 fully saturated rings. The highest BCUT2D eigenvalue weighted by Crippen LogP contribution is 2.33. The summed E-state index contributed by atoms with van der Waals surface area (Å²) in [4.78, 5) is 41.4. The Balaban J connectivity index is 1.93. The molecule has 0 bridgehead atoms. The summed E-state index contributed by atoms with van der Waals surface area (Å²) in [5.74, 6) is -0.0392. The second-order valence-electron chi connectivity index (χ2n) is 8.06. The Morgan fingerprint density at radius 1 is 1.09 bits per heavy atom. The maximum atomic E-state index is 12.9. The molecule has 3 rings (SSSR count). The first-order valence-electron chi connectivity index (χ1n) is 11.1. The Hall–Kier alpha value is -3.22. The number of carbonyl (C=O) groups is 2. The smallest absolute Gasteiger partial charge is 0.305 e. The molecule has 0 saturated heterocycles. The van der Waals surface area contributed by atoms with Crippen molar-refractivity contribution in [3.8, 4) is 5.75 Å². The van der Waals surface area contributed by atoms with Crippen LogP contribution in [0.4, 0.5) is 0 Å². The molecule has 2 aromatic carbocycles. The second-order valence-corrected chi connectivity index (χ2v) is 8.06. The highest BCUT2D eigenvalue weighted by molar-refractivity contribution is 6.08. The summed E-state index contributed by atoms with van der Waals surface area (Å²) in [6, 6.07) is 9.43.